The molecule has 3 rings (SSSR count). The summed E-state index contributed by atoms with van der Waals surface area (Å²) in [5.41, 5.74) is -0.0561. The Labute approximate surface area is 182 Å². The molecule has 0 aromatic heterocycles. The summed E-state index contributed by atoms with van der Waals surface area (Å²) in [6.07, 6.45) is 5.50. The van der Waals surface area contributed by atoms with Gasteiger partial charge in [0.25, 0.3) is 0 Å². The quantitative estimate of drug-likeness (QED) is 0.523. The lowest BCUT2D eigenvalue weighted by Gasteiger charge is -2.42. The first-order chi connectivity index (χ1) is 14.9. The van der Waals surface area contributed by atoms with Gasteiger partial charge in [-0.3, -0.25) is 4.79 Å². The molecule has 1 aliphatic heterocycles. The van der Waals surface area contributed by atoms with Crippen LogP contribution in [0.15, 0.2) is 48.5 Å². The second kappa shape index (κ2) is 10.8. The molecule has 1 aliphatic rings. The van der Waals surface area contributed by atoms with Crippen LogP contribution < -0.4 is 0 Å². The maximum absolute atomic E-state index is 13.5. The van der Waals surface area contributed by atoms with Gasteiger partial charge in [-0.2, -0.15) is 0 Å². The molecule has 1 saturated heterocycles. The number of unbranched alkanes of at least 4 members (excludes halogenated alkanes) is 3. The molecular formula is C25H31F2NO3. The van der Waals surface area contributed by atoms with Crippen LogP contribution in [0.1, 0.15) is 56.1 Å². The number of carboxylic acids is 1. The third kappa shape index (κ3) is 6.11. The minimum absolute atomic E-state index is 0.0600. The van der Waals surface area contributed by atoms with Crippen molar-refractivity contribution in [1.82, 2.24) is 4.90 Å². The van der Waals surface area contributed by atoms with Gasteiger partial charge in [-0.05, 0) is 86.6 Å². The van der Waals surface area contributed by atoms with Crippen molar-refractivity contribution in [2.24, 2.45) is 5.92 Å². The van der Waals surface area contributed by atoms with Crippen LogP contribution in [0.25, 0.3) is 0 Å². The summed E-state index contributed by atoms with van der Waals surface area (Å²) in [6.45, 7) is 2.67. The normalized spacial score (nSPS) is 15.8. The molecule has 4 nitrogen and oxygen atoms in total. The molecule has 2 aromatic rings. The third-order valence-electron chi connectivity index (χ3n) is 6.36. The van der Waals surface area contributed by atoms with E-state index >= 15 is 0 Å². The summed E-state index contributed by atoms with van der Waals surface area (Å²) < 4.78 is 27.0. The van der Waals surface area contributed by atoms with E-state index in [9.17, 15) is 18.7 Å². The fourth-order valence-electron chi connectivity index (χ4n) is 4.59. The topological polar surface area (TPSA) is 60.8 Å². The van der Waals surface area contributed by atoms with Crippen LogP contribution >= 0.6 is 0 Å². The Morgan fingerprint density at radius 1 is 0.871 bits per heavy atom. The number of hydrogen-bond donors (Lipinski definition) is 2. The van der Waals surface area contributed by atoms with E-state index in [1.54, 1.807) is 24.3 Å². The molecule has 6 heteroatoms. The highest BCUT2D eigenvalue weighted by Crippen LogP contribution is 2.42. The summed E-state index contributed by atoms with van der Waals surface area (Å²) in [4.78, 5) is 12.9. The van der Waals surface area contributed by atoms with E-state index in [-0.39, 0.29) is 24.0 Å². The number of carboxylic acid groups (broad SMARTS) is 1. The summed E-state index contributed by atoms with van der Waals surface area (Å²) in [5.74, 6) is -1.51. The van der Waals surface area contributed by atoms with Crippen LogP contribution in [-0.2, 0) is 10.4 Å². The molecule has 2 N–H and O–H groups in total. The summed E-state index contributed by atoms with van der Waals surface area (Å²) in [7, 11) is 0. The third-order valence-corrected chi connectivity index (χ3v) is 6.36. The van der Waals surface area contributed by atoms with Crippen molar-refractivity contribution in [2.45, 2.75) is 50.5 Å². The van der Waals surface area contributed by atoms with E-state index in [1.807, 2.05) is 0 Å². The zero-order chi connectivity index (χ0) is 22.3. The molecular weight excluding hydrogens is 400 g/mol. The first-order valence-electron chi connectivity index (χ1n) is 11.1. The predicted octanol–water partition coefficient (Wildman–Crippen LogP) is 4.95. The number of hydrogen-bond acceptors (Lipinski definition) is 3. The van der Waals surface area contributed by atoms with E-state index in [0.717, 1.165) is 58.2 Å². The van der Waals surface area contributed by atoms with Gasteiger partial charge >= 0.3 is 5.97 Å². The second-order valence-electron chi connectivity index (χ2n) is 8.45. The number of benzene rings is 2. The molecule has 1 fully saturated rings. The van der Waals surface area contributed by atoms with Crippen molar-refractivity contribution in [3.63, 3.8) is 0 Å². The summed E-state index contributed by atoms with van der Waals surface area (Å²) in [6, 6.07) is 11.9. The number of aliphatic hydroxyl groups is 1. The highest BCUT2D eigenvalue weighted by molar-refractivity contribution is 5.66. The van der Waals surface area contributed by atoms with E-state index < -0.39 is 11.6 Å². The standard InChI is InChI=1S/C25H31F2NO3/c26-22-10-6-19(7-11-22)25(31,20-8-12-23(27)13-9-20)21-14-17-28(18-15-21)16-4-2-1-3-5-24(29)30/h6-13,21,31H,1-5,14-18H2,(H,29,30). The van der Waals surface area contributed by atoms with Gasteiger partial charge in [0, 0.05) is 6.42 Å². The maximum atomic E-state index is 13.5. The second-order valence-corrected chi connectivity index (χ2v) is 8.45. The molecule has 0 atom stereocenters. The van der Waals surface area contributed by atoms with E-state index in [0.29, 0.717) is 11.1 Å². The SMILES string of the molecule is O=C(O)CCCCCCN1CCC(C(O)(c2ccc(F)cc2)c2ccc(F)cc2)CC1. The van der Waals surface area contributed by atoms with Crippen molar-refractivity contribution >= 4 is 5.97 Å². The Bertz CT molecular complexity index is 785. The van der Waals surface area contributed by atoms with Crippen LogP contribution in [0.2, 0.25) is 0 Å². The first-order valence-corrected chi connectivity index (χ1v) is 11.1. The number of nitrogens with zero attached hydrogens (tertiary/aromatic N) is 1. The Hall–Kier alpha value is -2.31. The minimum Gasteiger partial charge on any atom is -0.481 e. The Kier molecular flexibility index (Phi) is 8.15. The number of piperidine rings is 1. The summed E-state index contributed by atoms with van der Waals surface area (Å²) in [5, 5.41) is 20.5. The van der Waals surface area contributed by atoms with Crippen molar-refractivity contribution in [3.8, 4) is 0 Å². The monoisotopic (exact) mass is 431 g/mol. The highest BCUT2D eigenvalue weighted by Gasteiger charge is 2.41. The van der Waals surface area contributed by atoms with Gasteiger partial charge in [0.15, 0.2) is 0 Å². The van der Waals surface area contributed by atoms with Crippen molar-refractivity contribution in [3.05, 3.63) is 71.3 Å². The van der Waals surface area contributed by atoms with Crippen LogP contribution in [0.5, 0.6) is 0 Å². The number of rotatable bonds is 10. The van der Waals surface area contributed by atoms with Crippen LogP contribution in [0.4, 0.5) is 8.78 Å². The molecule has 0 spiro atoms. The Morgan fingerprint density at radius 3 is 1.84 bits per heavy atom. The molecule has 0 amide bonds. The van der Waals surface area contributed by atoms with Crippen LogP contribution in [0.3, 0.4) is 0 Å². The van der Waals surface area contributed by atoms with E-state index in [1.165, 1.54) is 24.3 Å². The van der Waals surface area contributed by atoms with Crippen LogP contribution in [-0.4, -0.2) is 40.7 Å². The van der Waals surface area contributed by atoms with Gasteiger partial charge in [0.05, 0.1) is 0 Å². The van der Waals surface area contributed by atoms with Crippen LogP contribution in [0, 0.1) is 17.6 Å². The average Bonchev–Trinajstić information content (AvgIpc) is 2.77. The fourth-order valence-corrected chi connectivity index (χ4v) is 4.59. The predicted molar refractivity (Wildman–Crippen MR) is 116 cm³/mol. The number of aliphatic carboxylic acids is 1. The molecule has 0 unspecified atom stereocenters. The molecule has 1 heterocycles. The molecule has 2 aromatic carbocycles. The van der Waals surface area contributed by atoms with Crippen molar-refractivity contribution < 1.29 is 23.8 Å². The van der Waals surface area contributed by atoms with Gasteiger partial charge in [-0.15, -0.1) is 0 Å². The Balaban J connectivity index is 1.62. The van der Waals surface area contributed by atoms with Crippen molar-refractivity contribution in [2.75, 3.05) is 19.6 Å². The lowest BCUT2D eigenvalue weighted by Crippen LogP contribution is -2.44. The van der Waals surface area contributed by atoms with Gasteiger partial charge in [0.2, 0.25) is 0 Å². The van der Waals surface area contributed by atoms with Gasteiger partial charge in [-0.1, -0.05) is 37.1 Å². The van der Waals surface area contributed by atoms with Crippen molar-refractivity contribution in [1.29, 1.82) is 0 Å². The fraction of sp³-hybridized carbons (Fsp3) is 0.480. The number of likely N-dealkylation sites (tertiary alicyclic amines) is 1. The molecule has 0 bridgehead atoms. The zero-order valence-corrected chi connectivity index (χ0v) is 17.8. The number of carbonyl (C=O) groups is 1. The van der Waals surface area contributed by atoms with Gasteiger partial charge in [-0.25, -0.2) is 8.78 Å². The molecule has 31 heavy (non-hydrogen) atoms. The number of halogens is 2. The molecule has 0 radical (unpaired) electrons. The van der Waals surface area contributed by atoms with Gasteiger partial charge in [0.1, 0.15) is 17.2 Å². The minimum atomic E-state index is -1.30. The molecule has 168 valence electrons. The Morgan fingerprint density at radius 2 is 1.35 bits per heavy atom. The lowest BCUT2D eigenvalue weighted by molar-refractivity contribution is -0.137. The smallest absolute Gasteiger partial charge is 0.303 e. The highest BCUT2D eigenvalue weighted by atomic mass is 19.1. The summed E-state index contributed by atoms with van der Waals surface area (Å²) >= 11 is 0. The van der Waals surface area contributed by atoms with E-state index in [2.05, 4.69) is 4.90 Å². The first kappa shape index (κ1) is 23.4. The average molecular weight is 432 g/mol. The maximum Gasteiger partial charge on any atom is 0.303 e. The zero-order valence-electron chi connectivity index (χ0n) is 17.8. The molecule has 0 saturated carbocycles. The largest absolute Gasteiger partial charge is 0.481 e. The lowest BCUT2D eigenvalue weighted by atomic mass is 9.72. The molecule has 0 aliphatic carbocycles. The van der Waals surface area contributed by atoms with Gasteiger partial charge < -0.3 is 15.1 Å². The van der Waals surface area contributed by atoms with E-state index in [4.69, 9.17) is 5.11 Å².